The first-order chi connectivity index (χ1) is 2.64. The Labute approximate surface area is 43.8 Å². The maximum Gasteiger partial charge on any atom is 0.0654 e. The molecule has 0 saturated heterocycles. The molecule has 1 radical (unpaired) electrons. The molecule has 2 atom stereocenters. The molecule has 0 aromatic carbocycles. The summed E-state index contributed by atoms with van der Waals surface area (Å²) >= 11 is 3.88. The van der Waals surface area contributed by atoms with E-state index in [4.69, 9.17) is 5.11 Å². The van der Waals surface area contributed by atoms with Crippen molar-refractivity contribution in [2.45, 2.75) is 18.3 Å². The average Bonchev–Trinajstić information content (AvgIpc) is 1.36. The molecule has 1 N–H and O–H groups in total. The van der Waals surface area contributed by atoms with Crippen LogP contribution in [0.4, 0.5) is 0 Å². The summed E-state index contributed by atoms with van der Waals surface area (Å²) in [5, 5.41) is 8.43. The van der Waals surface area contributed by atoms with E-state index in [2.05, 4.69) is 19.6 Å². The third kappa shape index (κ3) is 2.54. The van der Waals surface area contributed by atoms with Crippen LogP contribution in [0.25, 0.3) is 0 Å². The first kappa shape index (κ1) is 6.31. The molecule has 0 rings (SSSR count). The Bertz CT molecular complexity index is 28.5. The smallest absolute Gasteiger partial charge is 0.0654 e. The van der Waals surface area contributed by atoms with Crippen LogP contribution >= 0.6 is 12.6 Å². The number of aliphatic hydroxyl groups is 1. The molecule has 0 amide bonds. The molecular weight excluding hydrogens is 96.1 g/mol. The van der Waals surface area contributed by atoms with Gasteiger partial charge in [0.2, 0.25) is 0 Å². The van der Waals surface area contributed by atoms with Gasteiger partial charge in [-0.25, -0.2) is 0 Å². The largest absolute Gasteiger partial charge is 0.392 e. The minimum Gasteiger partial charge on any atom is -0.392 e. The van der Waals surface area contributed by atoms with Gasteiger partial charge < -0.3 is 5.11 Å². The van der Waals surface area contributed by atoms with E-state index in [1.54, 1.807) is 6.92 Å². The minimum atomic E-state index is -0.534. The predicted molar refractivity (Wildman–Crippen MR) is 29.8 cm³/mol. The van der Waals surface area contributed by atoms with Crippen LogP contribution in [-0.2, 0) is 0 Å². The fraction of sp³-hybridized carbons (Fsp3) is 0.750. The second kappa shape index (κ2) is 2.48. The molecule has 0 spiro atoms. The maximum atomic E-state index is 8.44. The molecule has 0 heterocycles. The Morgan fingerprint density at radius 2 is 2.00 bits per heavy atom. The predicted octanol–water partition coefficient (Wildman–Crippen LogP) is 0.500. The van der Waals surface area contributed by atoms with E-state index in [0.717, 1.165) is 0 Å². The van der Waals surface area contributed by atoms with Crippen LogP contribution in [0.5, 0.6) is 0 Å². The second-order valence-electron chi connectivity index (χ2n) is 1.31. The highest BCUT2D eigenvalue weighted by Gasteiger charge is 1.98. The standard InChI is InChI=1S/C4H9OS/c1-3(5)4(2)6/h3-6H,1H2,2H3. The molecule has 0 bridgehead atoms. The van der Waals surface area contributed by atoms with E-state index in [9.17, 15) is 0 Å². The van der Waals surface area contributed by atoms with Gasteiger partial charge in [0, 0.05) is 5.25 Å². The molecule has 0 aromatic heterocycles. The number of hydrogen-bond donors (Lipinski definition) is 2. The first-order valence-corrected chi connectivity index (χ1v) is 2.35. The molecule has 6 heavy (non-hydrogen) atoms. The number of rotatable bonds is 1. The monoisotopic (exact) mass is 105 g/mol. The van der Waals surface area contributed by atoms with Crippen LogP contribution < -0.4 is 0 Å². The van der Waals surface area contributed by atoms with E-state index in [1.807, 2.05) is 0 Å². The highest BCUT2D eigenvalue weighted by Crippen LogP contribution is 1.96. The van der Waals surface area contributed by atoms with E-state index < -0.39 is 6.10 Å². The number of thiol groups is 1. The lowest BCUT2D eigenvalue weighted by Gasteiger charge is -2.03. The molecule has 0 fully saturated rings. The van der Waals surface area contributed by atoms with Crippen molar-refractivity contribution in [3.05, 3.63) is 6.92 Å². The third-order valence-electron chi connectivity index (χ3n) is 0.557. The lowest BCUT2D eigenvalue weighted by molar-refractivity contribution is 0.222. The van der Waals surface area contributed by atoms with Gasteiger partial charge in [0.15, 0.2) is 0 Å². The van der Waals surface area contributed by atoms with Crippen molar-refractivity contribution < 1.29 is 5.11 Å². The summed E-state index contributed by atoms with van der Waals surface area (Å²) in [7, 11) is 0. The van der Waals surface area contributed by atoms with Crippen molar-refractivity contribution in [1.82, 2.24) is 0 Å². The first-order valence-electron chi connectivity index (χ1n) is 1.84. The van der Waals surface area contributed by atoms with Crippen LogP contribution in [0.15, 0.2) is 0 Å². The molecule has 0 aliphatic heterocycles. The van der Waals surface area contributed by atoms with Gasteiger partial charge in [-0.15, -0.1) is 0 Å². The van der Waals surface area contributed by atoms with Crippen molar-refractivity contribution >= 4 is 12.6 Å². The summed E-state index contributed by atoms with van der Waals surface area (Å²) in [6, 6.07) is 0. The summed E-state index contributed by atoms with van der Waals surface area (Å²) in [4.78, 5) is 0. The number of aliphatic hydroxyl groups excluding tert-OH is 1. The van der Waals surface area contributed by atoms with Crippen LogP contribution in [-0.4, -0.2) is 16.5 Å². The van der Waals surface area contributed by atoms with Crippen molar-refractivity contribution in [3.8, 4) is 0 Å². The molecule has 2 heteroatoms. The van der Waals surface area contributed by atoms with Gasteiger partial charge in [-0.3, -0.25) is 0 Å². The quantitative estimate of drug-likeness (QED) is 0.465. The summed E-state index contributed by atoms with van der Waals surface area (Å²) in [6.07, 6.45) is -0.534. The molecule has 1 nitrogen and oxygen atoms in total. The lowest BCUT2D eigenvalue weighted by atomic mass is 10.3. The SMILES string of the molecule is [CH2]C(O)C(C)S. The maximum absolute atomic E-state index is 8.44. The zero-order valence-corrected chi connectivity index (χ0v) is 4.65. The Hall–Kier alpha value is 0.310. The Balaban J connectivity index is 2.99. The van der Waals surface area contributed by atoms with Gasteiger partial charge in [-0.2, -0.15) is 12.6 Å². The van der Waals surface area contributed by atoms with Gasteiger partial charge in [0.05, 0.1) is 6.10 Å². The van der Waals surface area contributed by atoms with Crippen LogP contribution in [0.3, 0.4) is 0 Å². The molecule has 0 aromatic rings. The van der Waals surface area contributed by atoms with E-state index in [-0.39, 0.29) is 5.25 Å². The Morgan fingerprint density at radius 3 is 2.00 bits per heavy atom. The average molecular weight is 105 g/mol. The summed E-state index contributed by atoms with van der Waals surface area (Å²) < 4.78 is 0. The van der Waals surface area contributed by atoms with Crippen LogP contribution in [0, 0.1) is 6.92 Å². The Kier molecular flexibility index (Phi) is 2.61. The van der Waals surface area contributed by atoms with Gasteiger partial charge in [0.1, 0.15) is 0 Å². The van der Waals surface area contributed by atoms with Gasteiger partial charge in [-0.1, -0.05) is 6.92 Å². The zero-order chi connectivity index (χ0) is 5.15. The van der Waals surface area contributed by atoms with Crippen LogP contribution in [0.1, 0.15) is 6.92 Å². The Morgan fingerprint density at radius 1 is 1.83 bits per heavy atom. The van der Waals surface area contributed by atoms with Gasteiger partial charge >= 0.3 is 0 Å². The molecule has 0 aliphatic carbocycles. The van der Waals surface area contributed by atoms with E-state index >= 15 is 0 Å². The van der Waals surface area contributed by atoms with Crippen LogP contribution in [0.2, 0.25) is 0 Å². The molecule has 2 unspecified atom stereocenters. The highest BCUT2D eigenvalue weighted by atomic mass is 32.1. The van der Waals surface area contributed by atoms with Gasteiger partial charge in [-0.05, 0) is 6.92 Å². The zero-order valence-electron chi connectivity index (χ0n) is 3.76. The highest BCUT2D eigenvalue weighted by molar-refractivity contribution is 7.81. The lowest BCUT2D eigenvalue weighted by Crippen LogP contribution is -2.11. The topological polar surface area (TPSA) is 20.2 Å². The molecule has 0 aliphatic rings. The van der Waals surface area contributed by atoms with Crippen molar-refractivity contribution in [2.24, 2.45) is 0 Å². The third-order valence-corrected chi connectivity index (χ3v) is 0.901. The van der Waals surface area contributed by atoms with Crippen molar-refractivity contribution in [1.29, 1.82) is 0 Å². The fourth-order valence-electron chi connectivity index (χ4n) is 0. The summed E-state index contributed by atoms with van der Waals surface area (Å²) in [5.41, 5.74) is 0. The molecule has 37 valence electrons. The van der Waals surface area contributed by atoms with E-state index in [0.29, 0.717) is 0 Å². The fourth-order valence-corrected chi connectivity index (χ4v) is 0. The second-order valence-corrected chi connectivity index (χ2v) is 2.12. The molecule has 0 saturated carbocycles. The summed E-state index contributed by atoms with van der Waals surface area (Å²) in [5.74, 6) is 0. The summed E-state index contributed by atoms with van der Waals surface area (Å²) in [6.45, 7) is 5.11. The molecular formula is C4H9OS. The normalized spacial score (nSPS) is 20.0. The minimum absolute atomic E-state index is 0.00926. The van der Waals surface area contributed by atoms with Gasteiger partial charge in [0.25, 0.3) is 0 Å². The van der Waals surface area contributed by atoms with E-state index in [1.165, 1.54) is 0 Å². The number of hydrogen-bond acceptors (Lipinski definition) is 2. The van der Waals surface area contributed by atoms with Crippen molar-refractivity contribution in [3.63, 3.8) is 0 Å². The van der Waals surface area contributed by atoms with Crippen molar-refractivity contribution in [2.75, 3.05) is 0 Å².